The van der Waals surface area contributed by atoms with Gasteiger partial charge < -0.3 is 5.32 Å². The van der Waals surface area contributed by atoms with Crippen LogP contribution in [-0.2, 0) is 6.18 Å². The van der Waals surface area contributed by atoms with Crippen LogP contribution in [0.5, 0.6) is 0 Å². The van der Waals surface area contributed by atoms with Crippen LogP contribution < -0.4 is 5.32 Å². The standard InChI is InChI=1S/C23H17F3N4O/c24-23(25,26)20-4-2-1-3-19(20)21(17-13-28-29-14-17)30-18-7-5-15(6-8-18)22(31)16-9-11-27-12-10-16/h1-14,21,30H,(H,28,29). The van der Waals surface area contributed by atoms with Gasteiger partial charge in [0.25, 0.3) is 0 Å². The zero-order chi connectivity index (χ0) is 21.8. The first-order valence-electron chi connectivity index (χ1n) is 9.39. The zero-order valence-electron chi connectivity index (χ0n) is 16.1. The minimum Gasteiger partial charge on any atom is -0.374 e. The predicted molar refractivity (Wildman–Crippen MR) is 110 cm³/mol. The van der Waals surface area contributed by atoms with Crippen LogP contribution in [0, 0.1) is 0 Å². The fourth-order valence-electron chi connectivity index (χ4n) is 3.32. The van der Waals surface area contributed by atoms with E-state index in [0.717, 1.165) is 6.07 Å². The number of ketones is 1. The van der Waals surface area contributed by atoms with Crippen molar-refractivity contribution in [1.82, 2.24) is 15.2 Å². The summed E-state index contributed by atoms with van der Waals surface area (Å²) in [6.45, 7) is 0. The summed E-state index contributed by atoms with van der Waals surface area (Å²) < 4.78 is 40.8. The fourth-order valence-corrected chi connectivity index (χ4v) is 3.32. The minimum absolute atomic E-state index is 0.0772. The first kappa shape index (κ1) is 20.3. The number of benzene rings is 2. The van der Waals surface area contributed by atoms with Crippen LogP contribution in [0.25, 0.3) is 0 Å². The van der Waals surface area contributed by atoms with E-state index >= 15 is 0 Å². The van der Waals surface area contributed by atoms with Crippen molar-refractivity contribution in [1.29, 1.82) is 0 Å². The molecule has 0 bridgehead atoms. The van der Waals surface area contributed by atoms with E-state index in [4.69, 9.17) is 0 Å². The molecule has 8 heteroatoms. The summed E-state index contributed by atoms with van der Waals surface area (Å²) in [6, 6.07) is 14.5. The Hall–Kier alpha value is -3.94. The second kappa shape index (κ2) is 8.43. The van der Waals surface area contributed by atoms with Gasteiger partial charge >= 0.3 is 6.18 Å². The number of aromatic amines is 1. The number of aromatic nitrogens is 3. The second-order valence-electron chi connectivity index (χ2n) is 6.84. The van der Waals surface area contributed by atoms with Crippen molar-refractivity contribution in [3.05, 3.63) is 113 Å². The molecule has 0 aliphatic carbocycles. The van der Waals surface area contributed by atoms with Crippen molar-refractivity contribution >= 4 is 11.5 Å². The van der Waals surface area contributed by atoms with Gasteiger partial charge in [0.15, 0.2) is 5.78 Å². The number of H-pyrrole nitrogens is 1. The fraction of sp³-hybridized carbons (Fsp3) is 0.0870. The molecular formula is C23H17F3N4O. The highest BCUT2D eigenvalue weighted by molar-refractivity contribution is 6.09. The minimum atomic E-state index is -4.50. The predicted octanol–water partition coefficient (Wildman–Crippen LogP) is 5.26. The lowest BCUT2D eigenvalue weighted by Crippen LogP contribution is -2.18. The van der Waals surface area contributed by atoms with Gasteiger partial charge in [-0.25, -0.2) is 0 Å². The third-order valence-electron chi connectivity index (χ3n) is 4.83. The van der Waals surface area contributed by atoms with Crippen molar-refractivity contribution in [2.45, 2.75) is 12.2 Å². The molecule has 4 aromatic rings. The SMILES string of the molecule is O=C(c1ccncc1)c1ccc(NC(c2cn[nH]c2)c2ccccc2C(F)(F)F)cc1. The quantitative estimate of drug-likeness (QED) is 0.416. The second-order valence-corrected chi connectivity index (χ2v) is 6.84. The smallest absolute Gasteiger partial charge is 0.374 e. The molecule has 0 aliphatic rings. The number of pyridine rings is 1. The van der Waals surface area contributed by atoms with E-state index in [1.54, 1.807) is 48.7 Å². The number of hydrogen-bond donors (Lipinski definition) is 2. The Kier molecular flexibility index (Phi) is 5.53. The maximum Gasteiger partial charge on any atom is 0.416 e. The Balaban J connectivity index is 1.65. The van der Waals surface area contributed by atoms with Gasteiger partial charge in [-0.15, -0.1) is 0 Å². The summed E-state index contributed by atoms with van der Waals surface area (Å²) in [4.78, 5) is 16.5. The summed E-state index contributed by atoms with van der Waals surface area (Å²) in [6.07, 6.45) is 1.60. The highest BCUT2D eigenvalue weighted by Gasteiger charge is 2.35. The molecule has 156 valence electrons. The lowest BCUT2D eigenvalue weighted by Gasteiger charge is -2.23. The summed E-state index contributed by atoms with van der Waals surface area (Å²) >= 11 is 0. The molecule has 4 rings (SSSR count). The molecule has 2 N–H and O–H groups in total. The average molecular weight is 422 g/mol. The highest BCUT2D eigenvalue weighted by atomic mass is 19.4. The number of hydrogen-bond acceptors (Lipinski definition) is 4. The Morgan fingerprint density at radius 2 is 1.61 bits per heavy atom. The zero-order valence-corrected chi connectivity index (χ0v) is 16.1. The number of alkyl halides is 3. The molecule has 0 aliphatic heterocycles. The first-order chi connectivity index (χ1) is 14.9. The van der Waals surface area contributed by atoms with Crippen molar-refractivity contribution in [2.24, 2.45) is 0 Å². The number of carbonyl (C=O) groups is 1. The molecular weight excluding hydrogens is 405 g/mol. The molecule has 0 fully saturated rings. The Labute approximate surface area is 176 Å². The van der Waals surface area contributed by atoms with Crippen molar-refractivity contribution in [2.75, 3.05) is 5.32 Å². The van der Waals surface area contributed by atoms with E-state index in [1.807, 2.05) is 0 Å². The highest BCUT2D eigenvalue weighted by Crippen LogP contribution is 2.37. The van der Waals surface area contributed by atoms with Crippen molar-refractivity contribution < 1.29 is 18.0 Å². The van der Waals surface area contributed by atoms with Crippen molar-refractivity contribution in [3.8, 4) is 0 Å². The van der Waals surface area contributed by atoms with Crippen LogP contribution in [0.1, 0.15) is 38.7 Å². The normalized spacial score (nSPS) is 12.4. The molecule has 0 saturated heterocycles. The van der Waals surface area contributed by atoms with Crippen LogP contribution in [0.2, 0.25) is 0 Å². The molecule has 1 atom stereocenters. The van der Waals surface area contributed by atoms with E-state index in [1.165, 1.54) is 30.7 Å². The topological polar surface area (TPSA) is 70.7 Å². The molecule has 0 radical (unpaired) electrons. The third-order valence-corrected chi connectivity index (χ3v) is 4.83. The lowest BCUT2D eigenvalue weighted by molar-refractivity contribution is -0.138. The number of anilines is 1. The van der Waals surface area contributed by atoms with Gasteiger partial charge in [0, 0.05) is 41.0 Å². The average Bonchev–Trinajstić information content (AvgIpc) is 3.32. The van der Waals surface area contributed by atoms with Crippen molar-refractivity contribution in [3.63, 3.8) is 0 Å². The van der Waals surface area contributed by atoms with Crippen LogP contribution >= 0.6 is 0 Å². The lowest BCUT2D eigenvalue weighted by atomic mass is 9.95. The largest absolute Gasteiger partial charge is 0.416 e. The van der Waals surface area contributed by atoms with E-state index < -0.39 is 17.8 Å². The Morgan fingerprint density at radius 1 is 0.935 bits per heavy atom. The Morgan fingerprint density at radius 3 is 2.26 bits per heavy atom. The summed E-state index contributed by atoms with van der Waals surface area (Å²) in [5.41, 5.74) is 1.44. The molecule has 0 amide bonds. The van der Waals surface area contributed by atoms with Crippen LogP contribution in [0.15, 0.2) is 85.5 Å². The molecule has 2 aromatic carbocycles. The van der Waals surface area contributed by atoms with Gasteiger partial charge in [-0.1, -0.05) is 18.2 Å². The van der Waals surface area contributed by atoms with Gasteiger partial charge in [-0.2, -0.15) is 18.3 Å². The number of nitrogens with zero attached hydrogens (tertiary/aromatic N) is 2. The van der Waals surface area contributed by atoms with Gasteiger partial charge in [0.2, 0.25) is 0 Å². The molecule has 2 heterocycles. The number of halogens is 3. The van der Waals surface area contributed by atoms with E-state index in [0.29, 0.717) is 22.4 Å². The van der Waals surface area contributed by atoms with E-state index in [9.17, 15) is 18.0 Å². The van der Waals surface area contributed by atoms with E-state index in [2.05, 4.69) is 20.5 Å². The van der Waals surface area contributed by atoms with E-state index in [-0.39, 0.29) is 11.3 Å². The first-order valence-corrected chi connectivity index (χ1v) is 9.39. The maximum absolute atomic E-state index is 13.6. The maximum atomic E-state index is 13.6. The molecule has 0 spiro atoms. The van der Waals surface area contributed by atoms with Gasteiger partial charge in [0.05, 0.1) is 17.8 Å². The monoisotopic (exact) mass is 422 g/mol. The van der Waals surface area contributed by atoms with Gasteiger partial charge in [-0.3, -0.25) is 14.9 Å². The van der Waals surface area contributed by atoms with Gasteiger partial charge in [0.1, 0.15) is 0 Å². The molecule has 31 heavy (non-hydrogen) atoms. The number of nitrogens with one attached hydrogen (secondary N) is 2. The molecule has 0 saturated carbocycles. The summed E-state index contributed by atoms with van der Waals surface area (Å²) in [5, 5.41) is 9.66. The van der Waals surface area contributed by atoms with Crippen LogP contribution in [0.3, 0.4) is 0 Å². The Bertz CT molecular complexity index is 1160. The number of carbonyl (C=O) groups excluding carboxylic acids is 1. The molecule has 5 nitrogen and oxygen atoms in total. The molecule has 1 unspecified atom stereocenters. The van der Waals surface area contributed by atoms with Crippen LogP contribution in [-0.4, -0.2) is 21.0 Å². The summed E-state index contributed by atoms with van der Waals surface area (Å²) in [7, 11) is 0. The number of rotatable bonds is 6. The molecule has 2 aromatic heterocycles. The summed E-state index contributed by atoms with van der Waals surface area (Å²) in [5.74, 6) is -0.164. The van der Waals surface area contributed by atoms with Crippen LogP contribution in [0.4, 0.5) is 18.9 Å². The van der Waals surface area contributed by atoms with Gasteiger partial charge in [-0.05, 0) is 48.0 Å². The third kappa shape index (κ3) is 4.48.